The lowest BCUT2D eigenvalue weighted by atomic mass is 10.1. The van der Waals surface area contributed by atoms with Crippen molar-refractivity contribution in [1.82, 2.24) is 25.3 Å². The minimum Gasteiger partial charge on any atom is -0.338 e. The Morgan fingerprint density at radius 2 is 1.89 bits per heavy atom. The van der Waals surface area contributed by atoms with Crippen molar-refractivity contribution >= 4 is 33.9 Å². The van der Waals surface area contributed by atoms with Crippen LogP contribution in [0.3, 0.4) is 0 Å². The molecule has 3 aromatic heterocycles. The summed E-state index contributed by atoms with van der Waals surface area (Å²) in [4.78, 5) is 8.48. The van der Waals surface area contributed by atoms with Gasteiger partial charge in [0.2, 0.25) is 16.8 Å². The van der Waals surface area contributed by atoms with E-state index in [0.29, 0.717) is 11.7 Å². The summed E-state index contributed by atoms with van der Waals surface area (Å²) in [7, 11) is 0. The maximum Gasteiger partial charge on any atom is 0.240 e. The Labute approximate surface area is 170 Å². The number of nitrogens with zero attached hydrogens (tertiary/aromatic N) is 5. The van der Waals surface area contributed by atoms with Crippen LogP contribution in [-0.2, 0) is 0 Å². The van der Waals surface area contributed by atoms with Gasteiger partial charge in [-0.3, -0.25) is 4.98 Å². The highest BCUT2D eigenvalue weighted by atomic mass is 32.2. The van der Waals surface area contributed by atoms with Gasteiger partial charge in [0.25, 0.3) is 0 Å². The highest BCUT2D eigenvalue weighted by Gasteiger charge is 2.19. The van der Waals surface area contributed by atoms with E-state index in [9.17, 15) is 0 Å². The Balaban J connectivity index is 1.42. The third kappa shape index (κ3) is 4.20. The van der Waals surface area contributed by atoms with Gasteiger partial charge in [-0.2, -0.15) is 4.98 Å². The van der Waals surface area contributed by atoms with Gasteiger partial charge < -0.3 is 9.84 Å². The van der Waals surface area contributed by atoms with E-state index in [4.69, 9.17) is 4.52 Å². The first-order valence-corrected chi connectivity index (χ1v) is 10.4. The second-order valence-corrected chi connectivity index (χ2v) is 8.81. The fourth-order valence-electron chi connectivity index (χ4n) is 2.47. The van der Waals surface area contributed by atoms with Crippen LogP contribution in [0.15, 0.2) is 51.6 Å². The van der Waals surface area contributed by atoms with Gasteiger partial charge in [-0.15, -0.1) is 10.2 Å². The van der Waals surface area contributed by atoms with Crippen molar-refractivity contribution in [2.45, 2.75) is 30.4 Å². The number of rotatable bonds is 6. The van der Waals surface area contributed by atoms with Crippen molar-refractivity contribution in [3.8, 4) is 11.4 Å². The number of anilines is 2. The minimum absolute atomic E-state index is 0.0366. The molecule has 0 spiro atoms. The third-order valence-corrected chi connectivity index (χ3v) is 6.18. The molecule has 0 amide bonds. The Bertz CT molecular complexity index is 1080. The van der Waals surface area contributed by atoms with Gasteiger partial charge in [0.15, 0.2) is 4.34 Å². The summed E-state index contributed by atoms with van der Waals surface area (Å²) in [6.07, 6.45) is 3.41. The average Bonchev–Trinajstić information content (AvgIpc) is 3.35. The van der Waals surface area contributed by atoms with E-state index in [0.717, 1.165) is 20.7 Å². The number of pyridine rings is 1. The zero-order chi connectivity index (χ0) is 19.5. The molecule has 0 bridgehead atoms. The van der Waals surface area contributed by atoms with Crippen LogP contribution in [0.4, 0.5) is 10.8 Å². The van der Waals surface area contributed by atoms with Crippen LogP contribution in [0.5, 0.6) is 0 Å². The lowest BCUT2D eigenvalue weighted by molar-refractivity contribution is 0.381. The largest absolute Gasteiger partial charge is 0.338 e. The van der Waals surface area contributed by atoms with E-state index >= 15 is 0 Å². The first kappa shape index (κ1) is 18.6. The molecule has 0 aliphatic rings. The summed E-state index contributed by atoms with van der Waals surface area (Å²) < 4.78 is 6.25. The number of hydrogen-bond acceptors (Lipinski definition) is 9. The standard InChI is InChI=1S/C19H18N6OS2/c1-11-4-5-15(10-12(11)2)21-18-23-24-19(28-18)27-13(3)17-22-16(25-26-17)14-6-8-20-9-7-14/h4-10,13H,1-3H3,(H,21,23)/t13-/m1/s1. The fourth-order valence-corrected chi connectivity index (χ4v) is 4.42. The zero-order valence-corrected chi connectivity index (χ0v) is 17.2. The van der Waals surface area contributed by atoms with Crippen LogP contribution in [0.25, 0.3) is 11.4 Å². The second kappa shape index (κ2) is 8.07. The molecule has 28 heavy (non-hydrogen) atoms. The first-order valence-electron chi connectivity index (χ1n) is 8.67. The smallest absolute Gasteiger partial charge is 0.240 e. The highest BCUT2D eigenvalue weighted by molar-refractivity contribution is 8.01. The van der Waals surface area contributed by atoms with Gasteiger partial charge in [0, 0.05) is 23.6 Å². The molecule has 1 N–H and O–H groups in total. The first-order chi connectivity index (χ1) is 13.6. The maximum absolute atomic E-state index is 5.42. The Hall–Kier alpha value is -2.78. The van der Waals surface area contributed by atoms with Crippen molar-refractivity contribution in [3.63, 3.8) is 0 Å². The monoisotopic (exact) mass is 410 g/mol. The number of aromatic nitrogens is 5. The van der Waals surface area contributed by atoms with Crippen molar-refractivity contribution < 1.29 is 4.52 Å². The van der Waals surface area contributed by atoms with Crippen LogP contribution < -0.4 is 5.32 Å². The minimum atomic E-state index is -0.0366. The summed E-state index contributed by atoms with van der Waals surface area (Å²) >= 11 is 3.03. The van der Waals surface area contributed by atoms with Crippen LogP contribution in [-0.4, -0.2) is 25.3 Å². The molecule has 0 saturated heterocycles. The normalized spacial score (nSPS) is 12.1. The van der Waals surface area contributed by atoms with Crippen LogP contribution in [0.1, 0.15) is 29.2 Å². The number of thioether (sulfide) groups is 1. The number of hydrogen-bond donors (Lipinski definition) is 1. The molecular weight excluding hydrogens is 392 g/mol. The molecule has 142 valence electrons. The van der Waals surface area contributed by atoms with E-state index in [1.54, 1.807) is 12.4 Å². The molecule has 0 aliphatic carbocycles. The lowest BCUT2D eigenvalue weighted by Crippen LogP contribution is -1.91. The quantitative estimate of drug-likeness (QED) is 0.434. The van der Waals surface area contributed by atoms with Gasteiger partial charge >= 0.3 is 0 Å². The number of benzene rings is 1. The van der Waals surface area contributed by atoms with E-state index in [1.165, 1.54) is 34.2 Å². The second-order valence-electron chi connectivity index (χ2n) is 6.25. The molecule has 0 saturated carbocycles. The van der Waals surface area contributed by atoms with Gasteiger partial charge in [0.1, 0.15) is 0 Å². The highest BCUT2D eigenvalue weighted by Crippen LogP contribution is 2.37. The molecule has 7 nitrogen and oxygen atoms in total. The van der Waals surface area contributed by atoms with Crippen LogP contribution >= 0.6 is 23.1 Å². The van der Waals surface area contributed by atoms with Gasteiger partial charge in [0.05, 0.1) is 5.25 Å². The molecule has 4 aromatic rings. The summed E-state index contributed by atoms with van der Waals surface area (Å²) in [5.74, 6) is 1.11. The van der Waals surface area contributed by atoms with Crippen molar-refractivity contribution in [2.75, 3.05) is 5.32 Å². The Morgan fingerprint density at radius 3 is 2.68 bits per heavy atom. The van der Waals surface area contributed by atoms with Gasteiger partial charge in [-0.25, -0.2) is 0 Å². The molecule has 0 fully saturated rings. The molecule has 1 aromatic carbocycles. The summed E-state index contributed by atoms with van der Waals surface area (Å²) in [6, 6.07) is 9.93. The average molecular weight is 411 g/mol. The predicted molar refractivity (Wildman–Crippen MR) is 111 cm³/mol. The van der Waals surface area contributed by atoms with Gasteiger partial charge in [-0.1, -0.05) is 34.3 Å². The molecule has 0 radical (unpaired) electrons. The van der Waals surface area contributed by atoms with E-state index in [-0.39, 0.29) is 5.25 Å². The zero-order valence-electron chi connectivity index (χ0n) is 15.6. The summed E-state index contributed by atoms with van der Waals surface area (Å²) in [5.41, 5.74) is 4.37. The predicted octanol–water partition coefficient (Wildman–Crippen LogP) is 5.20. The Kier molecular flexibility index (Phi) is 5.36. The molecule has 3 heterocycles. The third-order valence-electron chi connectivity index (χ3n) is 4.17. The molecule has 0 unspecified atom stereocenters. The number of nitrogens with one attached hydrogen (secondary N) is 1. The molecule has 1 atom stereocenters. The lowest BCUT2D eigenvalue weighted by Gasteiger charge is -2.05. The topological polar surface area (TPSA) is 89.6 Å². The fraction of sp³-hybridized carbons (Fsp3) is 0.211. The molecule has 4 rings (SSSR count). The van der Waals surface area contributed by atoms with E-state index in [1.807, 2.05) is 25.1 Å². The van der Waals surface area contributed by atoms with E-state index in [2.05, 4.69) is 56.6 Å². The molecule has 0 aliphatic heterocycles. The van der Waals surface area contributed by atoms with Crippen molar-refractivity contribution in [2.24, 2.45) is 0 Å². The maximum atomic E-state index is 5.42. The van der Waals surface area contributed by atoms with Crippen LogP contribution in [0.2, 0.25) is 0 Å². The van der Waals surface area contributed by atoms with Gasteiger partial charge in [-0.05, 0) is 56.2 Å². The molecular formula is C19H18N6OS2. The SMILES string of the molecule is Cc1ccc(Nc2nnc(S[C@H](C)c3nc(-c4ccncc4)no3)s2)cc1C. The molecule has 9 heteroatoms. The van der Waals surface area contributed by atoms with Crippen molar-refractivity contribution in [1.29, 1.82) is 0 Å². The summed E-state index contributed by atoms with van der Waals surface area (Å²) in [5, 5.41) is 16.6. The van der Waals surface area contributed by atoms with E-state index < -0.39 is 0 Å². The summed E-state index contributed by atoms with van der Waals surface area (Å²) in [6.45, 7) is 6.19. The van der Waals surface area contributed by atoms with Crippen molar-refractivity contribution in [3.05, 3.63) is 59.7 Å². The van der Waals surface area contributed by atoms with Crippen LogP contribution in [0, 0.1) is 13.8 Å². The Morgan fingerprint density at radius 1 is 1.07 bits per heavy atom. The number of aryl methyl sites for hydroxylation is 2.